The molecular weight excluding hydrogens is 248 g/mol. The van der Waals surface area contributed by atoms with Gasteiger partial charge < -0.3 is 0 Å². The number of hydrogen-bond donors (Lipinski definition) is 2. The lowest BCUT2D eigenvalue weighted by Crippen LogP contribution is -2.30. The number of nitrogens with zero attached hydrogens (tertiary/aromatic N) is 1. The first-order valence-corrected chi connectivity index (χ1v) is 6.01. The predicted octanol–water partition coefficient (Wildman–Crippen LogP) is 2.47. The van der Waals surface area contributed by atoms with Crippen LogP contribution < -0.4 is 11.3 Å². The summed E-state index contributed by atoms with van der Waals surface area (Å²) in [6, 6.07) is 4.49. The largest absolute Gasteiger partial charge is 0.271 e. The summed E-state index contributed by atoms with van der Waals surface area (Å²) in [6.45, 7) is 1.97. The van der Waals surface area contributed by atoms with Crippen LogP contribution in [0.5, 0.6) is 0 Å². The molecule has 5 heteroatoms. The van der Waals surface area contributed by atoms with E-state index in [1.165, 1.54) is 0 Å². The van der Waals surface area contributed by atoms with Gasteiger partial charge in [0.1, 0.15) is 11.6 Å². The molecule has 2 aromatic rings. The lowest BCUT2D eigenvalue weighted by atomic mass is 9.95. The van der Waals surface area contributed by atoms with Crippen molar-refractivity contribution in [3.8, 4) is 0 Å². The smallest absolute Gasteiger partial charge is 0.128 e. The molecule has 2 rings (SSSR count). The maximum Gasteiger partial charge on any atom is 0.128 e. The lowest BCUT2D eigenvalue weighted by Gasteiger charge is -2.20. The van der Waals surface area contributed by atoms with E-state index in [-0.39, 0.29) is 5.56 Å². The molecule has 1 aromatic heterocycles. The minimum Gasteiger partial charge on any atom is -0.271 e. The third-order valence-electron chi connectivity index (χ3n) is 3.07. The van der Waals surface area contributed by atoms with Crippen molar-refractivity contribution in [1.82, 2.24) is 10.4 Å². The summed E-state index contributed by atoms with van der Waals surface area (Å²) in [5.41, 5.74) is 4.46. The third-order valence-corrected chi connectivity index (χ3v) is 3.07. The highest BCUT2D eigenvalue weighted by atomic mass is 19.1. The van der Waals surface area contributed by atoms with Crippen molar-refractivity contribution in [2.24, 2.45) is 5.84 Å². The maximum absolute atomic E-state index is 13.9. The number of aromatic nitrogens is 1. The minimum absolute atomic E-state index is 0.184. The molecule has 1 heterocycles. The van der Waals surface area contributed by atoms with Gasteiger partial charge in [-0.1, -0.05) is 6.92 Å². The Hall–Kier alpha value is -1.85. The van der Waals surface area contributed by atoms with Crippen LogP contribution in [0.1, 0.15) is 29.7 Å². The fourth-order valence-electron chi connectivity index (χ4n) is 2.10. The van der Waals surface area contributed by atoms with E-state index >= 15 is 0 Å². The Kier molecular flexibility index (Phi) is 4.19. The second-order valence-electron chi connectivity index (χ2n) is 4.19. The summed E-state index contributed by atoms with van der Waals surface area (Å²) in [6.07, 6.45) is 4.05. The highest BCUT2D eigenvalue weighted by Crippen LogP contribution is 2.26. The number of nitrogens with two attached hydrogens (primary N) is 1. The number of halogens is 2. The average Bonchev–Trinajstić information content (AvgIpc) is 2.44. The van der Waals surface area contributed by atoms with Gasteiger partial charge in [-0.2, -0.15) is 0 Å². The number of hydrogen-bond acceptors (Lipinski definition) is 3. The zero-order valence-corrected chi connectivity index (χ0v) is 10.5. The monoisotopic (exact) mass is 263 g/mol. The van der Waals surface area contributed by atoms with Crippen LogP contribution in [0.25, 0.3) is 0 Å². The van der Waals surface area contributed by atoms with Crippen LogP contribution in [0.2, 0.25) is 0 Å². The average molecular weight is 263 g/mol. The molecule has 0 spiro atoms. The van der Waals surface area contributed by atoms with E-state index in [1.54, 1.807) is 18.5 Å². The standard InChI is InChI=1S/C14H15F2N3/c1-2-9-8-18-6-5-11(9)14(19-17)12-7-10(15)3-4-13(12)16/h3-8,14,19H,2,17H2,1H3. The summed E-state index contributed by atoms with van der Waals surface area (Å²) < 4.78 is 27.1. The van der Waals surface area contributed by atoms with Gasteiger partial charge in [-0.3, -0.25) is 10.8 Å². The quantitative estimate of drug-likeness (QED) is 0.658. The summed E-state index contributed by atoms with van der Waals surface area (Å²) in [4.78, 5) is 4.03. The Morgan fingerprint density at radius 3 is 2.74 bits per heavy atom. The van der Waals surface area contributed by atoms with Gasteiger partial charge >= 0.3 is 0 Å². The Balaban J connectivity index is 2.53. The summed E-state index contributed by atoms with van der Waals surface area (Å²) in [7, 11) is 0. The van der Waals surface area contributed by atoms with E-state index in [4.69, 9.17) is 5.84 Å². The van der Waals surface area contributed by atoms with Crippen molar-refractivity contribution in [2.45, 2.75) is 19.4 Å². The number of hydrazine groups is 1. The fourth-order valence-corrected chi connectivity index (χ4v) is 2.10. The number of aryl methyl sites for hydroxylation is 1. The van der Waals surface area contributed by atoms with E-state index in [1.807, 2.05) is 6.92 Å². The lowest BCUT2D eigenvalue weighted by molar-refractivity contribution is 0.543. The molecule has 1 atom stereocenters. The number of benzene rings is 1. The molecule has 1 aromatic carbocycles. The highest BCUT2D eigenvalue weighted by molar-refractivity contribution is 5.36. The van der Waals surface area contributed by atoms with Gasteiger partial charge in [0.2, 0.25) is 0 Å². The maximum atomic E-state index is 13.9. The van der Waals surface area contributed by atoms with Crippen LogP contribution in [0, 0.1) is 11.6 Å². The second kappa shape index (κ2) is 5.86. The fraction of sp³-hybridized carbons (Fsp3) is 0.214. The van der Waals surface area contributed by atoms with Crippen molar-refractivity contribution < 1.29 is 8.78 Å². The molecular formula is C14H15F2N3. The molecule has 100 valence electrons. The Bertz CT molecular complexity index is 572. The Morgan fingerprint density at radius 1 is 1.26 bits per heavy atom. The molecule has 0 fully saturated rings. The van der Waals surface area contributed by atoms with Gasteiger partial charge in [0.05, 0.1) is 6.04 Å². The number of pyridine rings is 1. The van der Waals surface area contributed by atoms with Gasteiger partial charge in [-0.25, -0.2) is 14.2 Å². The Labute approximate surface area is 110 Å². The van der Waals surface area contributed by atoms with Crippen molar-refractivity contribution in [2.75, 3.05) is 0 Å². The van der Waals surface area contributed by atoms with Crippen molar-refractivity contribution in [3.63, 3.8) is 0 Å². The first kappa shape index (κ1) is 13.6. The van der Waals surface area contributed by atoms with E-state index < -0.39 is 17.7 Å². The van der Waals surface area contributed by atoms with Crippen LogP contribution in [0.15, 0.2) is 36.7 Å². The summed E-state index contributed by atoms with van der Waals surface area (Å²) in [5, 5.41) is 0. The van der Waals surface area contributed by atoms with Crippen LogP contribution in [0.4, 0.5) is 8.78 Å². The topological polar surface area (TPSA) is 50.9 Å². The van der Waals surface area contributed by atoms with Gasteiger partial charge in [0, 0.05) is 18.0 Å². The van der Waals surface area contributed by atoms with Gasteiger partial charge in [-0.05, 0) is 41.8 Å². The van der Waals surface area contributed by atoms with Crippen LogP contribution in [0.3, 0.4) is 0 Å². The molecule has 0 aliphatic rings. The van der Waals surface area contributed by atoms with Crippen molar-refractivity contribution in [3.05, 3.63) is 65.0 Å². The second-order valence-corrected chi connectivity index (χ2v) is 4.19. The van der Waals surface area contributed by atoms with Gasteiger partial charge in [0.25, 0.3) is 0 Å². The molecule has 0 aliphatic carbocycles. The van der Waals surface area contributed by atoms with Gasteiger partial charge in [-0.15, -0.1) is 0 Å². The van der Waals surface area contributed by atoms with Crippen molar-refractivity contribution in [1.29, 1.82) is 0 Å². The van der Waals surface area contributed by atoms with Crippen LogP contribution >= 0.6 is 0 Å². The van der Waals surface area contributed by atoms with Gasteiger partial charge in [0.15, 0.2) is 0 Å². The first-order chi connectivity index (χ1) is 9.17. The van der Waals surface area contributed by atoms with E-state index in [0.29, 0.717) is 0 Å². The molecule has 0 bridgehead atoms. The predicted molar refractivity (Wildman–Crippen MR) is 69.1 cm³/mol. The highest BCUT2D eigenvalue weighted by Gasteiger charge is 2.19. The first-order valence-electron chi connectivity index (χ1n) is 6.01. The molecule has 0 aliphatic heterocycles. The zero-order chi connectivity index (χ0) is 13.8. The van der Waals surface area contributed by atoms with Crippen LogP contribution in [-0.2, 0) is 6.42 Å². The number of rotatable bonds is 4. The summed E-state index contributed by atoms with van der Waals surface area (Å²) >= 11 is 0. The summed E-state index contributed by atoms with van der Waals surface area (Å²) in [5.74, 6) is 4.53. The van der Waals surface area contributed by atoms with E-state index in [0.717, 1.165) is 35.7 Å². The van der Waals surface area contributed by atoms with Crippen molar-refractivity contribution >= 4 is 0 Å². The van der Waals surface area contributed by atoms with Crippen LogP contribution in [-0.4, -0.2) is 4.98 Å². The SMILES string of the molecule is CCc1cnccc1C(NN)c1cc(F)ccc1F. The molecule has 3 N–H and O–H groups in total. The van der Waals surface area contributed by atoms with E-state index in [9.17, 15) is 8.78 Å². The molecule has 1 unspecified atom stereocenters. The third kappa shape index (κ3) is 2.77. The molecule has 0 amide bonds. The number of nitrogens with one attached hydrogen (secondary N) is 1. The molecule has 0 saturated heterocycles. The normalized spacial score (nSPS) is 12.4. The minimum atomic E-state index is -0.603. The Morgan fingerprint density at radius 2 is 2.05 bits per heavy atom. The zero-order valence-electron chi connectivity index (χ0n) is 10.5. The molecule has 19 heavy (non-hydrogen) atoms. The molecule has 0 saturated carbocycles. The molecule has 0 radical (unpaired) electrons. The molecule has 3 nitrogen and oxygen atoms in total. The van der Waals surface area contributed by atoms with E-state index in [2.05, 4.69) is 10.4 Å².